The summed E-state index contributed by atoms with van der Waals surface area (Å²) in [5.74, 6) is 2.94. The SMILES string of the molecule is CCOc1cc(NCC2CCN(CC(C)C)C2)ncn1. The van der Waals surface area contributed by atoms with Crippen molar-refractivity contribution >= 4 is 5.82 Å². The second kappa shape index (κ2) is 7.43. The molecule has 1 saturated heterocycles. The maximum Gasteiger partial charge on any atom is 0.218 e. The van der Waals surface area contributed by atoms with Gasteiger partial charge < -0.3 is 15.0 Å². The van der Waals surface area contributed by atoms with Crippen LogP contribution in [0.4, 0.5) is 5.82 Å². The Hall–Kier alpha value is -1.36. The number of likely N-dealkylation sites (tertiary alicyclic amines) is 1. The van der Waals surface area contributed by atoms with Crippen LogP contribution in [0.3, 0.4) is 0 Å². The molecule has 112 valence electrons. The average Bonchev–Trinajstić information content (AvgIpc) is 2.84. The van der Waals surface area contributed by atoms with Gasteiger partial charge in [-0.1, -0.05) is 13.8 Å². The molecular formula is C15H26N4O. The topological polar surface area (TPSA) is 50.3 Å². The van der Waals surface area contributed by atoms with E-state index < -0.39 is 0 Å². The minimum Gasteiger partial charge on any atom is -0.478 e. The van der Waals surface area contributed by atoms with Crippen LogP contribution in [0.15, 0.2) is 12.4 Å². The van der Waals surface area contributed by atoms with Crippen molar-refractivity contribution in [3.8, 4) is 5.88 Å². The summed E-state index contributed by atoms with van der Waals surface area (Å²) in [6.45, 7) is 11.7. The molecule has 2 rings (SSSR count). The Kier molecular flexibility index (Phi) is 5.59. The van der Waals surface area contributed by atoms with Crippen molar-refractivity contribution in [3.05, 3.63) is 12.4 Å². The largest absolute Gasteiger partial charge is 0.478 e. The highest BCUT2D eigenvalue weighted by Crippen LogP contribution is 2.18. The van der Waals surface area contributed by atoms with Crippen LogP contribution in [0.2, 0.25) is 0 Å². The normalized spacial score (nSPS) is 19.5. The van der Waals surface area contributed by atoms with Crippen LogP contribution in [-0.2, 0) is 0 Å². The van der Waals surface area contributed by atoms with E-state index in [9.17, 15) is 0 Å². The molecule has 1 unspecified atom stereocenters. The van der Waals surface area contributed by atoms with Crippen LogP contribution in [0.5, 0.6) is 5.88 Å². The van der Waals surface area contributed by atoms with Crippen LogP contribution < -0.4 is 10.1 Å². The third-order valence-electron chi connectivity index (χ3n) is 3.50. The highest BCUT2D eigenvalue weighted by Gasteiger charge is 2.22. The molecule has 0 radical (unpaired) electrons. The molecule has 0 aliphatic carbocycles. The number of hydrogen-bond acceptors (Lipinski definition) is 5. The zero-order valence-electron chi connectivity index (χ0n) is 12.8. The summed E-state index contributed by atoms with van der Waals surface area (Å²) in [5, 5.41) is 3.40. The first-order valence-corrected chi connectivity index (χ1v) is 7.58. The third kappa shape index (κ3) is 4.63. The molecule has 0 bridgehead atoms. The van der Waals surface area contributed by atoms with E-state index in [1.165, 1.54) is 26.1 Å². The van der Waals surface area contributed by atoms with E-state index in [0.717, 1.165) is 18.3 Å². The van der Waals surface area contributed by atoms with Crippen molar-refractivity contribution < 1.29 is 4.74 Å². The Labute approximate surface area is 121 Å². The molecule has 0 saturated carbocycles. The van der Waals surface area contributed by atoms with Gasteiger partial charge in [0.25, 0.3) is 0 Å². The molecule has 2 heterocycles. The number of aromatic nitrogens is 2. The first kappa shape index (κ1) is 15.0. The quantitative estimate of drug-likeness (QED) is 0.829. The van der Waals surface area contributed by atoms with Crippen molar-refractivity contribution in [2.24, 2.45) is 11.8 Å². The van der Waals surface area contributed by atoms with Crippen molar-refractivity contribution in [1.82, 2.24) is 14.9 Å². The maximum atomic E-state index is 5.38. The van der Waals surface area contributed by atoms with Crippen LogP contribution in [-0.4, -0.2) is 47.7 Å². The number of anilines is 1. The predicted molar refractivity (Wildman–Crippen MR) is 81.1 cm³/mol. The summed E-state index contributed by atoms with van der Waals surface area (Å²) in [5.41, 5.74) is 0. The Morgan fingerprint density at radius 3 is 3.05 bits per heavy atom. The van der Waals surface area contributed by atoms with Gasteiger partial charge in [-0.2, -0.15) is 0 Å². The Morgan fingerprint density at radius 1 is 1.45 bits per heavy atom. The number of nitrogens with one attached hydrogen (secondary N) is 1. The first-order valence-electron chi connectivity index (χ1n) is 7.58. The summed E-state index contributed by atoms with van der Waals surface area (Å²) in [6, 6.07) is 1.87. The lowest BCUT2D eigenvalue weighted by Crippen LogP contribution is -2.26. The Balaban J connectivity index is 1.77. The fraction of sp³-hybridized carbons (Fsp3) is 0.733. The molecule has 5 nitrogen and oxygen atoms in total. The molecule has 20 heavy (non-hydrogen) atoms. The number of ether oxygens (including phenoxy) is 1. The monoisotopic (exact) mass is 278 g/mol. The minimum absolute atomic E-state index is 0.628. The zero-order valence-corrected chi connectivity index (χ0v) is 12.8. The Morgan fingerprint density at radius 2 is 2.30 bits per heavy atom. The fourth-order valence-corrected chi connectivity index (χ4v) is 2.67. The van der Waals surface area contributed by atoms with Gasteiger partial charge in [0.05, 0.1) is 6.61 Å². The summed E-state index contributed by atoms with van der Waals surface area (Å²) in [6.07, 6.45) is 2.82. The summed E-state index contributed by atoms with van der Waals surface area (Å²) < 4.78 is 5.38. The molecule has 1 fully saturated rings. The van der Waals surface area contributed by atoms with Gasteiger partial charge in [-0.15, -0.1) is 0 Å². The summed E-state index contributed by atoms with van der Waals surface area (Å²) in [7, 11) is 0. The number of hydrogen-bond donors (Lipinski definition) is 1. The molecule has 0 spiro atoms. The lowest BCUT2D eigenvalue weighted by atomic mass is 10.1. The average molecular weight is 278 g/mol. The molecule has 1 aliphatic heterocycles. The highest BCUT2D eigenvalue weighted by atomic mass is 16.5. The van der Waals surface area contributed by atoms with Crippen LogP contribution in [0.25, 0.3) is 0 Å². The van der Waals surface area contributed by atoms with Crippen molar-refractivity contribution in [3.63, 3.8) is 0 Å². The molecule has 1 atom stereocenters. The van der Waals surface area contributed by atoms with Crippen molar-refractivity contribution in [2.45, 2.75) is 27.2 Å². The van der Waals surface area contributed by atoms with Gasteiger partial charge in [-0.3, -0.25) is 0 Å². The maximum absolute atomic E-state index is 5.38. The van der Waals surface area contributed by atoms with E-state index in [1.807, 2.05) is 13.0 Å². The lowest BCUT2D eigenvalue weighted by Gasteiger charge is -2.18. The van der Waals surface area contributed by atoms with Crippen molar-refractivity contribution in [1.29, 1.82) is 0 Å². The Bertz CT molecular complexity index is 411. The minimum atomic E-state index is 0.628. The molecule has 5 heteroatoms. The molecule has 1 aliphatic rings. The van der Waals surface area contributed by atoms with Gasteiger partial charge in [0, 0.05) is 25.7 Å². The van der Waals surface area contributed by atoms with E-state index >= 15 is 0 Å². The molecule has 1 aromatic heterocycles. The molecule has 0 aromatic carbocycles. The molecular weight excluding hydrogens is 252 g/mol. The predicted octanol–water partition coefficient (Wildman–Crippen LogP) is 2.27. The van der Waals surface area contributed by atoms with Crippen LogP contribution >= 0.6 is 0 Å². The number of nitrogens with zero attached hydrogens (tertiary/aromatic N) is 3. The van der Waals surface area contributed by atoms with E-state index in [2.05, 4.69) is 34.0 Å². The fourth-order valence-electron chi connectivity index (χ4n) is 2.67. The van der Waals surface area contributed by atoms with Crippen LogP contribution in [0.1, 0.15) is 27.2 Å². The molecule has 1 aromatic rings. The molecule has 0 amide bonds. The summed E-state index contributed by atoms with van der Waals surface area (Å²) in [4.78, 5) is 10.9. The van der Waals surface area contributed by atoms with E-state index in [4.69, 9.17) is 4.74 Å². The second-order valence-corrected chi connectivity index (χ2v) is 5.86. The van der Waals surface area contributed by atoms with Gasteiger partial charge in [-0.25, -0.2) is 9.97 Å². The van der Waals surface area contributed by atoms with Gasteiger partial charge in [0.1, 0.15) is 12.1 Å². The van der Waals surface area contributed by atoms with Gasteiger partial charge in [-0.05, 0) is 31.7 Å². The standard InChI is InChI=1S/C15H26N4O/c1-4-20-15-7-14(17-11-18-15)16-8-13-5-6-19(10-13)9-12(2)3/h7,11-13H,4-6,8-10H2,1-3H3,(H,16,17,18). The van der Waals surface area contributed by atoms with E-state index in [0.29, 0.717) is 18.4 Å². The lowest BCUT2D eigenvalue weighted by molar-refractivity contribution is 0.289. The smallest absolute Gasteiger partial charge is 0.218 e. The highest BCUT2D eigenvalue weighted by molar-refractivity contribution is 5.37. The number of rotatable bonds is 7. The van der Waals surface area contributed by atoms with Crippen LogP contribution in [0, 0.1) is 11.8 Å². The third-order valence-corrected chi connectivity index (χ3v) is 3.50. The van der Waals surface area contributed by atoms with Gasteiger partial charge >= 0.3 is 0 Å². The van der Waals surface area contributed by atoms with E-state index in [-0.39, 0.29) is 0 Å². The van der Waals surface area contributed by atoms with Crippen molar-refractivity contribution in [2.75, 3.05) is 38.1 Å². The zero-order chi connectivity index (χ0) is 14.4. The van der Waals surface area contributed by atoms with Gasteiger partial charge in [0.2, 0.25) is 5.88 Å². The molecule has 1 N–H and O–H groups in total. The first-order chi connectivity index (χ1) is 9.67. The summed E-state index contributed by atoms with van der Waals surface area (Å²) >= 11 is 0. The van der Waals surface area contributed by atoms with E-state index in [1.54, 1.807) is 6.33 Å². The van der Waals surface area contributed by atoms with Gasteiger partial charge in [0.15, 0.2) is 0 Å². The second-order valence-electron chi connectivity index (χ2n) is 5.86.